The minimum atomic E-state index is -0.408. The Bertz CT molecular complexity index is 503. The van der Waals surface area contributed by atoms with Crippen LogP contribution in [0.3, 0.4) is 0 Å². The SMILES string of the molecule is C=CC[C@H]1C=C(C)NC(=O)[C@]1(C)Cc1ccccc1. The predicted octanol–water partition coefficient (Wildman–Crippen LogP) is 3.46. The molecular formula is C17H21NO. The lowest BCUT2D eigenvalue weighted by atomic mass is 9.68. The minimum Gasteiger partial charge on any atom is -0.330 e. The number of allylic oxidation sites excluding steroid dienone is 3. The molecule has 0 saturated carbocycles. The first-order valence-electron chi connectivity index (χ1n) is 6.71. The van der Waals surface area contributed by atoms with Crippen LogP contribution in [0.4, 0.5) is 0 Å². The molecule has 2 rings (SSSR count). The first kappa shape index (κ1) is 13.6. The summed E-state index contributed by atoms with van der Waals surface area (Å²) in [6, 6.07) is 10.2. The molecule has 1 N–H and O–H groups in total. The van der Waals surface area contributed by atoms with E-state index in [1.54, 1.807) is 0 Å². The number of carbonyl (C=O) groups is 1. The van der Waals surface area contributed by atoms with E-state index in [-0.39, 0.29) is 11.8 Å². The minimum absolute atomic E-state index is 0.114. The molecule has 0 saturated heterocycles. The predicted molar refractivity (Wildman–Crippen MR) is 78.5 cm³/mol. The largest absolute Gasteiger partial charge is 0.330 e. The van der Waals surface area contributed by atoms with Crippen LogP contribution in [0.1, 0.15) is 25.8 Å². The summed E-state index contributed by atoms with van der Waals surface area (Å²) in [7, 11) is 0. The number of hydrogen-bond acceptors (Lipinski definition) is 1. The quantitative estimate of drug-likeness (QED) is 0.820. The molecule has 1 aromatic carbocycles. The Morgan fingerprint density at radius 1 is 1.37 bits per heavy atom. The second-order valence-corrected chi connectivity index (χ2v) is 5.51. The van der Waals surface area contributed by atoms with Gasteiger partial charge in [0.1, 0.15) is 0 Å². The smallest absolute Gasteiger partial charge is 0.230 e. The van der Waals surface area contributed by atoms with Crippen molar-refractivity contribution in [3.8, 4) is 0 Å². The molecule has 1 aliphatic rings. The second kappa shape index (κ2) is 5.43. The molecule has 0 unspecified atom stereocenters. The van der Waals surface area contributed by atoms with Crippen LogP contribution in [0.2, 0.25) is 0 Å². The third kappa shape index (κ3) is 2.78. The zero-order valence-corrected chi connectivity index (χ0v) is 11.6. The highest BCUT2D eigenvalue weighted by molar-refractivity contribution is 5.86. The van der Waals surface area contributed by atoms with Crippen LogP contribution >= 0.6 is 0 Å². The number of amides is 1. The lowest BCUT2D eigenvalue weighted by Crippen LogP contribution is -2.47. The molecule has 2 nitrogen and oxygen atoms in total. The fourth-order valence-electron chi connectivity index (χ4n) is 2.76. The summed E-state index contributed by atoms with van der Waals surface area (Å²) < 4.78 is 0. The normalized spacial score (nSPS) is 26.5. The van der Waals surface area contributed by atoms with E-state index in [9.17, 15) is 4.79 Å². The van der Waals surface area contributed by atoms with Crippen LogP contribution in [-0.4, -0.2) is 5.91 Å². The molecule has 100 valence electrons. The van der Waals surface area contributed by atoms with Gasteiger partial charge in [-0.1, -0.05) is 42.5 Å². The molecule has 2 heteroatoms. The molecule has 1 aromatic rings. The first-order chi connectivity index (χ1) is 9.06. The average Bonchev–Trinajstić information content (AvgIpc) is 2.37. The number of hydrogen-bond donors (Lipinski definition) is 1. The van der Waals surface area contributed by atoms with Gasteiger partial charge < -0.3 is 5.32 Å². The molecule has 1 aliphatic heterocycles. The topological polar surface area (TPSA) is 29.1 Å². The van der Waals surface area contributed by atoms with E-state index in [1.807, 2.05) is 38.1 Å². The van der Waals surface area contributed by atoms with E-state index in [4.69, 9.17) is 0 Å². The van der Waals surface area contributed by atoms with Crippen molar-refractivity contribution in [1.29, 1.82) is 0 Å². The van der Waals surface area contributed by atoms with E-state index >= 15 is 0 Å². The number of rotatable bonds is 4. The third-order valence-corrected chi connectivity index (χ3v) is 3.93. The zero-order chi connectivity index (χ0) is 13.9. The van der Waals surface area contributed by atoms with E-state index < -0.39 is 5.41 Å². The van der Waals surface area contributed by atoms with E-state index in [2.05, 4.69) is 30.1 Å². The number of nitrogens with one attached hydrogen (secondary N) is 1. The van der Waals surface area contributed by atoms with Crippen molar-refractivity contribution in [2.45, 2.75) is 26.7 Å². The van der Waals surface area contributed by atoms with Gasteiger partial charge in [0, 0.05) is 5.70 Å². The summed E-state index contributed by atoms with van der Waals surface area (Å²) in [5, 5.41) is 2.97. The summed E-state index contributed by atoms with van der Waals surface area (Å²) >= 11 is 0. The summed E-state index contributed by atoms with van der Waals surface area (Å²) in [6.45, 7) is 7.81. The van der Waals surface area contributed by atoms with E-state index in [0.717, 1.165) is 18.5 Å². The molecule has 0 bridgehead atoms. The fourth-order valence-corrected chi connectivity index (χ4v) is 2.76. The van der Waals surface area contributed by atoms with Crippen molar-refractivity contribution < 1.29 is 4.79 Å². The lowest BCUT2D eigenvalue weighted by molar-refractivity contribution is -0.132. The summed E-state index contributed by atoms with van der Waals surface area (Å²) in [5.41, 5.74) is 1.74. The van der Waals surface area contributed by atoms with Gasteiger partial charge in [-0.15, -0.1) is 6.58 Å². The van der Waals surface area contributed by atoms with Gasteiger partial charge in [-0.05, 0) is 38.2 Å². The fraction of sp³-hybridized carbons (Fsp3) is 0.353. The summed E-state index contributed by atoms with van der Waals surface area (Å²) in [6.07, 6.45) is 5.64. The molecule has 1 heterocycles. The maximum Gasteiger partial charge on any atom is 0.230 e. The molecular weight excluding hydrogens is 234 g/mol. The van der Waals surface area contributed by atoms with Crippen molar-refractivity contribution in [2.75, 3.05) is 0 Å². The van der Waals surface area contributed by atoms with Crippen molar-refractivity contribution >= 4 is 5.91 Å². The number of benzene rings is 1. The zero-order valence-electron chi connectivity index (χ0n) is 11.6. The van der Waals surface area contributed by atoms with Gasteiger partial charge in [-0.3, -0.25) is 4.79 Å². The van der Waals surface area contributed by atoms with E-state index in [0.29, 0.717) is 0 Å². The molecule has 0 aliphatic carbocycles. The Hall–Kier alpha value is -1.83. The highest BCUT2D eigenvalue weighted by Gasteiger charge is 2.42. The third-order valence-electron chi connectivity index (χ3n) is 3.93. The molecule has 1 amide bonds. The average molecular weight is 255 g/mol. The van der Waals surface area contributed by atoms with Crippen molar-refractivity contribution in [3.05, 3.63) is 60.3 Å². The molecule has 2 atom stereocenters. The first-order valence-corrected chi connectivity index (χ1v) is 6.71. The lowest BCUT2D eigenvalue weighted by Gasteiger charge is -2.38. The van der Waals surface area contributed by atoms with Gasteiger partial charge >= 0.3 is 0 Å². The Morgan fingerprint density at radius 3 is 2.68 bits per heavy atom. The van der Waals surface area contributed by atoms with Gasteiger partial charge in [0.15, 0.2) is 0 Å². The van der Waals surface area contributed by atoms with Crippen LogP contribution in [0, 0.1) is 11.3 Å². The molecule has 0 fully saturated rings. The van der Waals surface area contributed by atoms with Gasteiger partial charge in [0.25, 0.3) is 0 Å². The maximum absolute atomic E-state index is 12.4. The second-order valence-electron chi connectivity index (χ2n) is 5.51. The van der Waals surface area contributed by atoms with Gasteiger partial charge in [-0.2, -0.15) is 0 Å². The Balaban J connectivity index is 2.32. The molecule has 0 aromatic heterocycles. The van der Waals surface area contributed by atoms with Gasteiger partial charge in [-0.25, -0.2) is 0 Å². The molecule has 0 radical (unpaired) electrons. The maximum atomic E-state index is 12.4. The van der Waals surface area contributed by atoms with Crippen LogP contribution in [0.25, 0.3) is 0 Å². The highest BCUT2D eigenvalue weighted by atomic mass is 16.2. The summed E-state index contributed by atoms with van der Waals surface area (Å²) in [5.74, 6) is 0.321. The standard InChI is InChI=1S/C17H21NO/c1-4-8-15-11-13(2)18-16(19)17(15,3)12-14-9-6-5-7-10-14/h4-7,9-11,15H,1,8,12H2,2-3H3,(H,18,19)/t15-,17+/m0/s1. The number of carbonyl (C=O) groups excluding carboxylic acids is 1. The van der Waals surface area contributed by atoms with Crippen LogP contribution in [-0.2, 0) is 11.2 Å². The van der Waals surface area contributed by atoms with Crippen molar-refractivity contribution in [2.24, 2.45) is 11.3 Å². The Morgan fingerprint density at radius 2 is 2.05 bits per heavy atom. The van der Waals surface area contributed by atoms with Crippen LogP contribution in [0.15, 0.2) is 54.8 Å². The van der Waals surface area contributed by atoms with Crippen molar-refractivity contribution in [1.82, 2.24) is 5.32 Å². The Labute approximate surface area is 115 Å². The van der Waals surface area contributed by atoms with Crippen LogP contribution in [0.5, 0.6) is 0 Å². The van der Waals surface area contributed by atoms with Crippen molar-refractivity contribution in [3.63, 3.8) is 0 Å². The van der Waals surface area contributed by atoms with Crippen LogP contribution < -0.4 is 5.32 Å². The Kier molecular flexibility index (Phi) is 3.89. The molecule has 0 spiro atoms. The molecule has 19 heavy (non-hydrogen) atoms. The summed E-state index contributed by atoms with van der Waals surface area (Å²) in [4.78, 5) is 12.4. The van der Waals surface area contributed by atoms with Gasteiger partial charge in [0.05, 0.1) is 5.41 Å². The monoisotopic (exact) mass is 255 g/mol. The van der Waals surface area contributed by atoms with Gasteiger partial charge in [0.2, 0.25) is 5.91 Å². The van der Waals surface area contributed by atoms with E-state index in [1.165, 1.54) is 5.56 Å². The highest BCUT2D eigenvalue weighted by Crippen LogP contribution is 2.38.